The van der Waals surface area contributed by atoms with Gasteiger partial charge >= 0.3 is 0 Å². The number of rotatable bonds is 4. The molecule has 0 fully saturated rings. The zero-order valence-electron chi connectivity index (χ0n) is 9.56. The summed E-state index contributed by atoms with van der Waals surface area (Å²) in [7, 11) is 1.54. The predicted molar refractivity (Wildman–Crippen MR) is 49.3 cm³/mol. The van der Waals surface area contributed by atoms with Crippen LogP contribution in [0.1, 0.15) is 4.11 Å². The summed E-state index contributed by atoms with van der Waals surface area (Å²) in [6.45, 7) is 0.646. The Labute approximate surface area is 84.1 Å². The minimum atomic E-state index is -0.204. The van der Waals surface area contributed by atoms with E-state index >= 15 is 0 Å². The molecule has 0 aliphatic heterocycles. The van der Waals surface area contributed by atoms with Crippen LogP contribution in [0.2, 0.25) is 0 Å². The van der Waals surface area contributed by atoms with Crippen LogP contribution in [0.15, 0.2) is 22.7 Å². The van der Waals surface area contributed by atoms with Gasteiger partial charge in [-0.2, -0.15) is 0 Å². The van der Waals surface area contributed by atoms with Gasteiger partial charge in [-0.1, -0.05) is 6.04 Å². The lowest BCUT2D eigenvalue weighted by molar-refractivity contribution is 0.143. The van der Waals surface area contributed by atoms with Gasteiger partial charge in [0.1, 0.15) is 11.2 Å². The molecule has 0 amide bonds. The van der Waals surface area contributed by atoms with Crippen LogP contribution >= 0.6 is 15.9 Å². The largest absolute Gasteiger partial charge is 0.475 e. The van der Waals surface area contributed by atoms with Gasteiger partial charge in [0.05, 0.1) is 10.7 Å². The van der Waals surface area contributed by atoms with Crippen LogP contribution < -0.4 is 4.74 Å². The van der Waals surface area contributed by atoms with E-state index in [1.54, 1.807) is 0 Å². The Balaban J connectivity index is 2.89. The SMILES string of the molecule is [2H]c1c(Br)nc(OCCOC)c([2H])c1[2H]. The van der Waals surface area contributed by atoms with E-state index in [0.29, 0.717) is 6.61 Å². The molecule has 0 N–H and O–H groups in total. The maximum Gasteiger partial charge on any atom is 0.214 e. The summed E-state index contributed by atoms with van der Waals surface area (Å²) in [6.07, 6.45) is 0. The lowest BCUT2D eigenvalue weighted by Crippen LogP contribution is -2.05. The Morgan fingerprint density at radius 2 is 2.42 bits per heavy atom. The number of pyridine rings is 1. The smallest absolute Gasteiger partial charge is 0.214 e. The highest BCUT2D eigenvalue weighted by atomic mass is 79.9. The maximum atomic E-state index is 7.51. The van der Waals surface area contributed by atoms with Crippen molar-refractivity contribution in [3.05, 3.63) is 22.7 Å². The highest BCUT2D eigenvalue weighted by molar-refractivity contribution is 9.10. The first-order valence-corrected chi connectivity index (χ1v) is 4.12. The quantitative estimate of drug-likeness (QED) is 0.589. The molecular weight excluding hydrogens is 222 g/mol. The zero-order valence-corrected chi connectivity index (χ0v) is 8.14. The molecule has 0 aliphatic carbocycles. The lowest BCUT2D eigenvalue weighted by atomic mass is 10.5. The third kappa shape index (κ3) is 3.19. The molecule has 1 heterocycles. The second kappa shape index (κ2) is 5.11. The number of halogens is 1. The minimum absolute atomic E-state index is 0.0416. The van der Waals surface area contributed by atoms with E-state index in [1.807, 2.05) is 0 Å². The zero-order chi connectivity index (χ0) is 11.4. The van der Waals surface area contributed by atoms with E-state index in [4.69, 9.17) is 13.6 Å². The van der Waals surface area contributed by atoms with Crippen molar-refractivity contribution in [3.8, 4) is 5.88 Å². The molecule has 0 bridgehead atoms. The summed E-state index contributed by atoms with van der Waals surface area (Å²) in [5.41, 5.74) is 0. The summed E-state index contributed by atoms with van der Waals surface area (Å²) >= 11 is 3.03. The number of aromatic nitrogens is 1. The summed E-state index contributed by atoms with van der Waals surface area (Å²) < 4.78 is 32.5. The molecule has 0 saturated carbocycles. The van der Waals surface area contributed by atoms with Crippen molar-refractivity contribution in [3.63, 3.8) is 0 Å². The molecule has 1 aromatic rings. The van der Waals surface area contributed by atoms with Gasteiger partial charge in [-0.3, -0.25) is 0 Å². The van der Waals surface area contributed by atoms with Crippen molar-refractivity contribution >= 4 is 15.9 Å². The molecule has 0 aromatic carbocycles. The van der Waals surface area contributed by atoms with E-state index in [1.165, 1.54) is 7.11 Å². The molecule has 1 aromatic heterocycles. The van der Waals surface area contributed by atoms with Crippen molar-refractivity contribution in [1.82, 2.24) is 4.98 Å². The van der Waals surface area contributed by atoms with E-state index in [9.17, 15) is 0 Å². The first-order valence-electron chi connectivity index (χ1n) is 4.83. The van der Waals surface area contributed by atoms with Crippen molar-refractivity contribution in [2.24, 2.45) is 0 Å². The Bertz CT molecular complexity index is 362. The Morgan fingerprint density at radius 1 is 1.58 bits per heavy atom. The fourth-order valence-electron chi connectivity index (χ4n) is 0.571. The van der Waals surface area contributed by atoms with E-state index in [-0.39, 0.29) is 35.2 Å². The van der Waals surface area contributed by atoms with Crippen molar-refractivity contribution < 1.29 is 13.6 Å². The average Bonchev–Trinajstić information content (AvgIpc) is 2.23. The standard InChI is InChI=1S/C8H10BrNO2/c1-11-5-6-12-8-4-2-3-7(9)10-8/h2-4H,5-6H2,1H3/i2D,3D,4D. The van der Waals surface area contributed by atoms with E-state index in [0.717, 1.165) is 0 Å². The van der Waals surface area contributed by atoms with E-state index < -0.39 is 0 Å². The molecule has 66 valence electrons. The molecule has 0 aliphatic rings. The summed E-state index contributed by atoms with van der Waals surface area (Å²) in [4.78, 5) is 3.85. The van der Waals surface area contributed by atoms with Crippen LogP contribution in [-0.4, -0.2) is 25.3 Å². The van der Waals surface area contributed by atoms with Gasteiger partial charge in [-0.15, -0.1) is 0 Å². The molecule has 12 heavy (non-hydrogen) atoms. The van der Waals surface area contributed by atoms with Crippen molar-refractivity contribution in [1.29, 1.82) is 0 Å². The maximum absolute atomic E-state index is 7.51. The predicted octanol–water partition coefficient (Wildman–Crippen LogP) is 1.87. The van der Waals surface area contributed by atoms with Gasteiger partial charge < -0.3 is 9.47 Å². The Morgan fingerprint density at radius 3 is 3.17 bits per heavy atom. The van der Waals surface area contributed by atoms with Gasteiger partial charge in [0.2, 0.25) is 5.88 Å². The average molecular weight is 235 g/mol. The van der Waals surface area contributed by atoms with Crippen molar-refractivity contribution in [2.75, 3.05) is 20.3 Å². The van der Waals surface area contributed by atoms with Gasteiger partial charge in [0.25, 0.3) is 0 Å². The second-order valence-electron chi connectivity index (χ2n) is 1.92. The number of hydrogen-bond acceptors (Lipinski definition) is 3. The molecule has 4 heteroatoms. The third-order valence-corrected chi connectivity index (χ3v) is 1.44. The molecule has 3 nitrogen and oxygen atoms in total. The summed E-state index contributed by atoms with van der Waals surface area (Å²) in [5, 5.41) is 0. The molecule has 0 spiro atoms. The van der Waals surface area contributed by atoms with Crippen LogP contribution in [0.4, 0.5) is 0 Å². The van der Waals surface area contributed by atoms with Crippen LogP contribution in [-0.2, 0) is 4.74 Å². The van der Waals surface area contributed by atoms with Crippen LogP contribution in [0, 0.1) is 0 Å². The summed E-state index contributed by atoms with van der Waals surface area (Å²) in [6, 6.07) is -0.498. The molecule has 0 saturated heterocycles. The monoisotopic (exact) mass is 234 g/mol. The molecular formula is C8H10BrNO2. The molecule has 0 unspecified atom stereocenters. The number of ether oxygens (including phenoxy) is 2. The first kappa shape index (κ1) is 5.94. The topological polar surface area (TPSA) is 31.4 Å². The molecule has 0 radical (unpaired) electrons. The van der Waals surface area contributed by atoms with Gasteiger partial charge in [-0.05, 0) is 22.0 Å². The number of nitrogens with zero attached hydrogens (tertiary/aromatic N) is 1. The minimum Gasteiger partial charge on any atom is -0.475 e. The Hall–Kier alpha value is -0.610. The Kier molecular flexibility index (Phi) is 2.53. The normalized spacial score (nSPS) is 13.3. The lowest BCUT2D eigenvalue weighted by Gasteiger charge is -2.03. The van der Waals surface area contributed by atoms with E-state index in [2.05, 4.69) is 20.9 Å². The van der Waals surface area contributed by atoms with Crippen LogP contribution in [0.3, 0.4) is 0 Å². The number of hydrogen-bond donors (Lipinski definition) is 0. The van der Waals surface area contributed by atoms with Gasteiger partial charge in [0, 0.05) is 13.2 Å². The van der Waals surface area contributed by atoms with Crippen LogP contribution in [0.5, 0.6) is 5.88 Å². The third-order valence-electron chi connectivity index (χ3n) is 1.06. The summed E-state index contributed by atoms with van der Waals surface area (Å²) in [5.74, 6) is 0.0416. The fraction of sp³-hybridized carbons (Fsp3) is 0.375. The first-order chi connectivity index (χ1) is 7.07. The highest BCUT2D eigenvalue weighted by Crippen LogP contribution is 2.11. The highest BCUT2D eigenvalue weighted by Gasteiger charge is 1.94. The second-order valence-corrected chi connectivity index (χ2v) is 2.68. The molecule has 1 rings (SSSR count). The fourth-order valence-corrected chi connectivity index (χ4v) is 0.832. The van der Waals surface area contributed by atoms with Gasteiger partial charge in [0.15, 0.2) is 0 Å². The van der Waals surface area contributed by atoms with Crippen molar-refractivity contribution in [2.45, 2.75) is 0 Å². The van der Waals surface area contributed by atoms with Gasteiger partial charge in [-0.25, -0.2) is 4.98 Å². The number of methoxy groups -OCH3 is 1. The van der Waals surface area contributed by atoms with Crippen LogP contribution in [0.25, 0.3) is 0 Å². The molecule has 0 atom stereocenters.